The van der Waals surface area contributed by atoms with E-state index in [1.165, 1.54) is 4.68 Å². The molecule has 2 heterocycles. The molecule has 0 spiro atoms. The first kappa shape index (κ1) is 18.9. The normalized spacial score (nSPS) is 12.6. The molecule has 0 aliphatic heterocycles. The SMILES string of the molecule is CC(C)C(NC(=O)Cn1ncc2ccccc2c1=O)c1nc2ccccc2n1C. The topological polar surface area (TPSA) is 81.8 Å². The van der Waals surface area contributed by atoms with Crippen LogP contribution in [-0.2, 0) is 18.4 Å². The van der Waals surface area contributed by atoms with Crippen LogP contribution in [0.15, 0.2) is 59.5 Å². The third-order valence-electron chi connectivity index (χ3n) is 5.14. The molecule has 0 fully saturated rings. The average Bonchev–Trinajstić information content (AvgIpc) is 3.05. The minimum absolute atomic E-state index is 0.121. The van der Waals surface area contributed by atoms with Crippen molar-refractivity contribution in [1.82, 2.24) is 24.6 Å². The van der Waals surface area contributed by atoms with Gasteiger partial charge in [-0.1, -0.05) is 44.2 Å². The maximum atomic E-state index is 12.8. The summed E-state index contributed by atoms with van der Waals surface area (Å²) in [5.41, 5.74) is 1.62. The number of aromatic nitrogens is 4. The summed E-state index contributed by atoms with van der Waals surface area (Å²) < 4.78 is 3.20. The van der Waals surface area contributed by atoms with Crippen LogP contribution in [0.2, 0.25) is 0 Å². The highest BCUT2D eigenvalue weighted by Crippen LogP contribution is 2.24. The van der Waals surface area contributed by atoms with E-state index in [0.29, 0.717) is 5.39 Å². The van der Waals surface area contributed by atoms with Crippen molar-refractivity contribution in [1.29, 1.82) is 0 Å². The van der Waals surface area contributed by atoms with Crippen LogP contribution in [0.4, 0.5) is 0 Å². The third kappa shape index (κ3) is 3.51. The first-order chi connectivity index (χ1) is 14.0. The highest BCUT2D eigenvalue weighted by atomic mass is 16.2. The number of nitrogens with one attached hydrogen (secondary N) is 1. The summed E-state index contributed by atoms with van der Waals surface area (Å²) in [7, 11) is 1.95. The van der Waals surface area contributed by atoms with Gasteiger partial charge in [-0.05, 0) is 24.1 Å². The van der Waals surface area contributed by atoms with E-state index >= 15 is 0 Å². The molecule has 7 heteroatoms. The van der Waals surface area contributed by atoms with E-state index in [1.54, 1.807) is 18.3 Å². The molecule has 2 aromatic heterocycles. The number of rotatable bonds is 5. The number of nitrogens with zero attached hydrogens (tertiary/aromatic N) is 4. The molecule has 0 aliphatic carbocycles. The standard InChI is InChI=1S/C22H23N5O2/c1-14(2)20(21-24-17-10-6-7-11-18(17)26(21)3)25-19(28)13-27-22(29)16-9-5-4-8-15(16)12-23-27/h4-12,14,20H,13H2,1-3H3,(H,25,28). The van der Waals surface area contributed by atoms with Crippen molar-refractivity contribution in [3.05, 3.63) is 70.9 Å². The van der Waals surface area contributed by atoms with Crippen molar-refractivity contribution < 1.29 is 4.79 Å². The lowest BCUT2D eigenvalue weighted by molar-refractivity contribution is -0.123. The van der Waals surface area contributed by atoms with Gasteiger partial charge < -0.3 is 9.88 Å². The first-order valence-corrected chi connectivity index (χ1v) is 9.61. The average molecular weight is 389 g/mol. The molecule has 1 N–H and O–H groups in total. The molecule has 0 bridgehead atoms. The van der Waals surface area contributed by atoms with Crippen LogP contribution < -0.4 is 10.9 Å². The van der Waals surface area contributed by atoms with Crippen molar-refractivity contribution in [3.8, 4) is 0 Å². The Labute approximate surface area is 168 Å². The zero-order chi connectivity index (χ0) is 20.5. The Morgan fingerprint density at radius 1 is 1.10 bits per heavy atom. The third-order valence-corrected chi connectivity index (χ3v) is 5.14. The zero-order valence-corrected chi connectivity index (χ0v) is 16.7. The van der Waals surface area contributed by atoms with E-state index in [2.05, 4.69) is 10.4 Å². The lowest BCUT2D eigenvalue weighted by Crippen LogP contribution is -2.38. The molecule has 4 rings (SSSR count). The maximum Gasteiger partial charge on any atom is 0.275 e. The van der Waals surface area contributed by atoms with Crippen LogP contribution in [0.1, 0.15) is 25.7 Å². The van der Waals surface area contributed by atoms with Crippen molar-refractivity contribution in [2.24, 2.45) is 13.0 Å². The van der Waals surface area contributed by atoms with E-state index < -0.39 is 0 Å². The van der Waals surface area contributed by atoms with Gasteiger partial charge in [0.25, 0.3) is 5.56 Å². The van der Waals surface area contributed by atoms with E-state index in [0.717, 1.165) is 22.2 Å². The molecule has 1 atom stereocenters. The molecule has 1 amide bonds. The Morgan fingerprint density at radius 3 is 2.59 bits per heavy atom. The molecule has 2 aromatic carbocycles. The number of benzene rings is 2. The summed E-state index contributed by atoms with van der Waals surface area (Å²) in [6, 6.07) is 14.8. The molecule has 1 unspecified atom stereocenters. The van der Waals surface area contributed by atoms with E-state index in [-0.39, 0.29) is 30.0 Å². The minimum atomic E-state index is -0.281. The summed E-state index contributed by atoms with van der Waals surface area (Å²) in [6.45, 7) is 3.92. The Hall–Kier alpha value is -3.48. The summed E-state index contributed by atoms with van der Waals surface area (Å²) in [5.74, 6) is 0.629. The van der Waals surface area contributed by atoms with Gasteiger partial charge in [-0.2, -0.15) is 5.10 Å². The molecule has 29 heavy (non-hydrogen) atoms. The van der Waals surface area contributed by atoms with E-state index in [9.17, 15) is 9.59 Å². The Balaban J connectivity index is 1.61. The van der Waals surface area contributed by atoms with Gasteiger partial charge in [0.05, 0.1) is 28.7 Å². The second kappa shape index (κ2) is 7.50. The van der Waals surface area contributed by atoms with Gasteiger partial charge in [0.15, 0.2) is 0 Å². The van der Waals surface area contributed by atoms with Gasteiger partial charge in [0, 0.05) is 12.4 Å². The largest absolute Gasteiger partial charge is 0.344 e. The zero-order valence-electron chi connectivity index (χ0n) is 16.7. The number of carbonyl (C=O) groups is 1. The number of amides is 1. The highest BCUT2D eigenvalue weighted by Gasteiger charge is 2.24. The van der Waals surface area contributed by atoms with Crippen molar-refractivity contribution in [2.45, 2.75) is 26.4 Å². The Kier molecular flexibility index (Phi) is 4.88. The Morgan fingerprint density at radius 2 is 1.83 bits per heavy atom. The monoisotopic (exact) mass is 389 g/mol. The lowest BCUT2D eigenvalue weighted by Gasteiger charge is -2.22. The fourth-order valence-electron chi connectivity index (χ4n) is 3.57. The second-order valence-electron chi connectivity index (χ2n) is 7.50. The maximum absolute atomic E-state index is 12.8. The molecule has 7 nitrogen and oxygen atoms in total. The fourth-order valence-corrected chi connectivity index (χ4v) is 3.57. The fraction of sp³-hybridized carbons (Fsp3) is 0.273. The quantitative estimate of drug-likeness (QED) is 0.569. The molecular weight excluding hydrogens is 366 g/mol. The molecule has 148 valence electrons. The predicted molar refractivity (Wildman–Crippen MR) is 112 cm³/mol. The van der Waals surface area contributed by atoms with Gasteiger partial charge in [0.1, 0.15) is 12.4 Å². The van der Waals surface area contributed by atoms with E-state index in [4.69, 9.17) is 4.98 Å². The predicted octanol–water partition coefficient (Wildman–Crippen LogP) is 2.80. The summed E-state index contributed by atoms with van der Waals surface area (Å²) in [4.78, 5) is 30.1. The Bertz CT molecular complexity index is 1260. The molecule has 0 aliphatic rings. The molecule has 4 aromatic rings. The van der Waals surface area contributed by atoms with Gasteiger partial charge in [-0.25, -0.2) is 9.67 Å². The van der Waals surface area contributed by atoms with Crippen LogP contribution in [0.25, 0.3) is 21.8 Å². The van der Waals surface area contributed by atoms with Crippen LogP contribution in [0.3, 0.4) is 0 Å². The van der Waals surface area contributed by atoms with Crippen LogP contribution in [0, 0.1) is 5.92 Å². The number of carbonyl (C=O) groups excluding carboxylic acids is 1. The van der Waals surface area contributed by atoms with Crippen LogP contribution in [0.5, 0.6) is 0 Å². The molecule has 0 saturated heterocycles. The summed E-state index contributed by atoms with van der Waals surface area (Å²) in [5, 5.41) is 8.49. The van der Waals surface area contributed by atoms with Crippen LogP contribution in [-0.4, -0.2) is 25.2 Å². The summed E-state index contributed by atoms with van der Waals surface area (Å²) >= 11 is 0. The molecular formula is C22H23N5O2. The second-order valence-corrected chi connectivity index (χ2v) is 7.50. The van der Waals surface area contributed by atoms with Gasteiger partial charge >= 0.3 is 0 Å². The first-order valence-electron chi connectivity index (χ1n) is 9.61. The van der Waals surface area contributed by atoms with E-state index in [1.807, 2.05) is 61.9 Å². The van der Waals surface area contributed by atoms with Crippen molar-refractivity contribution in [3.63, 3.8) is 0 Å². The molecule has 0 saturated carbocycles. The number of aryl methyl sites for hydroxylation is 1. The van der Waals surface area contributed by atoms with Crippen LogP contribution >= 0.6 is 0 Å². The minimum Gasteiger partial charge on any atom is -0.344 e. The number of hydrogen-bond donors (Lipinski definition) is 1. The highest BCUT2D eigenvalue weighted by molar-refractivity contribution is 5.81. The van der Waals surface area contributed by atoms with Crippen molar-refractivity contribution >= 4 is 27.7 Å². The smallest absolute Gasteiger partial charge is 0.275 e. The number of para-hydroxylation sites is 2. The van der Waals surface area contributed by atoms with Gasteiger partial charge in [-0.3, -0.25) is 9.59 Å². The number of imidazole rings is 1. The molecule has 0 radical (unpaired) electrons. The summed E-state index contributed by atoms with van der Waals surface area (Å²) in [6.07, 6.45) is 1.61. The lowest BCUT2D eigenvalue weighted by atomic mass is 10.0. The number of fused-ring (bicyclic) bond motifs is 2. The van der Waals surface area contributed by atoms with Gasteiger partial charge in [-0.15, -0.1) is 0 Å². The van der Waals surface area contributed by atoms with Crippen molar-refractivity contribution in [2.75, 3.05) is 0 Å². The number of hydrogen-bond acceptors (Lipinski definition) is 4. The van der Waals surface area contributed by atoms with Gasteiger partial charge in [0.2, 0.25) is 5.91 Å².